The fourth-order valence-corrected chi connectivity index (χ4v) is 4.31. The normalized spacial score (nSPS) is 11.1. The number of aromatic nitrogens is 6. The Morgan fingerprint density at radius 2 is 1.76 bits per heavy atom. The molecule has 33 heavy (non-hydrogen) atoms. The van der Waals surface area contributed by atoms with E-state index in [0.717, 1.165) is 22.5 Å². The summed E-state index contributed by atoms with van der Waals surface area (Å²) in [6.07, 6.45) is 3.20. The lowest BCUT2D eigenvalue weighted by Gasteiger charge is -2.09. The maximum atomic E-state index is 12.6. The summed E-state index contributed by atoms with van der Waals surface area (Å²) in [4.78, 5) is 21.5. The van der Waals surface area contributed by atoms with Crippen molar-refractivity contribution < 1.29 is 4.79 Å². The van der Waals surface area contributed by atoms with Crippen molar-refractivity contribution in [3.05, 3.63) is 90.5 Å². The zero-order valence-corrected chi connectivity index (χ0v) is 18.7. The largest absolute Gasteiger partial charge is 0.310 e. The Balaban J connectivity index is 1.38. The summed E-state index contributed by atoms with van der Waals surface area (Å²) >= 11 is 1.57. The number of hydrogen-bond donors (Lipinski definition) is 1. The van der Waals surface area contributed by atoms with Gasteiger partial charge in [0.1, 0.15) is 12.1 Å². The van der Waals surface area contributed by atoms with Gasteiger partial charge in [0, 0.05) is 11.8 Å². The molecule has 3 aromatic heterocycles. The quantitative estimate of drug-likeness (QED) is 0.396. The molecular weight excluding hydrogens is 434 g/mol. The number of carbonyl (C=O) groups excluding carboxylic acids is 1. The number of nitrogens with one attached hydrogen (secondary N) is 1. The van der Waals surface area contributed by atoms with Crippen molar-refractivity contribution in [1.82, 2.24) is 29.5 Å². The van der Waals surface area contributed by atoms with Crippen molar-refractivity contribution in [3.63, 3.8) is 0 Å². The topological polar surface area (TPSA) is 90.5 Å². The summed E-state index contributed by atoms with van der Waals surface area (Å²) < 4.78 is 3.39. The molecule has 1 amide bonds. The standard InChI is InChI=1S/C24H21N7OS/c1-17-12-21(28-22(32)15-33-14-18-8-4-2-5-9-18)31(29-17)24-20-13-27-30(23(20)25-16-26-24)19-10-6-3-7-11-19/h2-13,16H,14-15H2,1H3,(H,28,32). The van der Waals surface area contributed by atoms with Crippen LogP contribution in [0.5, 0.6) is 0 Å². The van der Waals surface area contributed by atoms with Crippen LogP contribution >= 0.6 is 11.8 Å². The highest BCUT2D eigenvalue weighted by Crippen LogP contribution is 2.24. The molecule has 8 nitrogen and oxygen atoms in total. The third-order valence-electron chi connectivity index (χ3n) is 4.99. The Morgan fingerprint density at radius 1 is 1.00 bits per heavy atom. The number of hydrogen-bond acceptors (Lipinski definition) is 6. The monoisotopic (exact) mass is 455 g/mol. The molecule has 164 valence electrons. The first kappa shape index (κ1) is 20.9. The first-order chi connectivity index (χ1) is 16.2. The number of benzene rings is 2. The van der Waals surface area contributed by atoms with Gasteiger partial charge in [-0.15, -0.1) is 11.8 Å². The first-order valence-corrected chi connectivity index (χ1v) is 11.6. The van der Waals surface area contributed by atoms with Crippen molar-refractivity contribution in [3.8, 4) is 11.5 Å². The van der Waals surface area contributed by atoms with Crippen LogP contribution in [0.3, 0.4) is 0 Å². The van der Waals surface area contributed by atoms with E-state index in [1.807, 2.05) is 61.5 Å². The van der Waals surface area contributed by atoms with E-state index in [1.165, 1.54) is 11.9 Å². The second-order valence-corrected chi connectivity index (χ2v) is 8.42. The van der Waals surface area contributed by atoms with Gasteiger partial charge in [0.2, 0.25) is 5.91 Å². The summed E-state index contributed by atoms with van der Waals surface area (Å²) in [6.45, 7) is 1.88. The summed E-state index contributed by atoms with van der Waals surface area (Å²) in [7, 11) is 0. The van der Waals surface area contributed by atoms with Crippen molar-refractivity contribution in [2.45, 2.75) is 12.7 Å². The minimum Gasteiger partial charge on any atom is -0.310 e. The molecule has 0 aliphatic carbocycles. The molecule has 0 fully saturated rings. The summed E-state index contributed by atoms with van der Waals surface area (Å²) in [6, 6.07) is 21.7. The van der Waals surface area contributed by atoms with Crippen LogP contribution in [0.2, 0.25) is 0 Å². The van der Waals surface area contributed by atoms with Crippen molar-refractivity contribution in [2.24, 2.45) is 0 Å². The van der Waals surface area contributed by atoms with E-state index in [4.69, 9.17) is 0 Å². The minimum atomic E-state index is -0.0950. The highest BCUT2D eigenvalue weighted by atomic mass is 32.2. The molecule has 2 aromatic carbocycles. The van der Waals surface area contributed by atoms with Crippen molar-refractivity contribution >= 4 is 34.5 Å². The van der Waals surface area contributed by atoms with Crippen LogP contribution in [0, 0.1) is 6.92 Å². The van der Waals surface area contributed by atoms with Crippen LogP contribution in [0.1, 0.15) is 11.3 Å². The molecule has 5 rings (SSSR count). The molecule has 0 unspecified atom stereocenters. The number of carbonyl (C=O) groups is 1. The molecule has 0 saturated carbocycles. The Labute approximate surface area is 194 Å². The van der Waals surface area contributed by atoms with Gasteiger partial charge >= 0.3 is 0 Å². The first-order valence-electron chi connectivity index (χ1n) is 10.4. The average molecular weight is 456 g/mol. The number of aryl methyl sites for hydroxylation is 1. The van der Waals surface area contributed by atoms with E-state index < -0.39 is 0 Å². The van der Waals surface area contributed by atoms with Gasteiger partial charge in [-0.05, 0) is 24.6 Å². The number of para-hydroxylation sites is 1. The van der Waals surface area contributed by atoms with Gasteiger partial charge in [0.15, 0.2) is 11.5 Å². The molecule has 0 saturated heterocycles. The van der Waals surface area contributed by atoms with Crippen LogP contribution in [0.15, 0.2) is 79.3 Å². The van der Waals surface area contributed by atoms with Crippen LogP contribution < -0.4 is 5.32 Å². The number of fused-ring (bicyclic) bond motifs is 1. The third kappa shape index (κ3) is 4.49. The molecule has 3 heterocycles. The number of thioether (sulfide) groups is 1. The zero-order valence-electron chi connectivity index (χ0n) is 17.9. The van der Waals surface area contributed by atoms with E-state index in [0.29, 0.717) is 23.0 Å². The van der Waals surface area contributed by atoms with Gasteiger partial charge in [-0.2, -0.15) is 14.9 Å². The maximum Gasteiger partial charge on any atom is 0.235 e. The molecule has 0 atom stereocenters. The smallest absolute Gasteiger partial charge is 0.235 e. The molecule has 1 N–H and O–H groups in total. The van der Waals surface area contributed by atoms with Gasteiger partial charge < -0.3 is 5.32 Å². The number of rotatable bonds is 7. The van der Waals surface area contributed by atoms with E-state index in [2.05, 4.69) is 37.6 Å². The van der Waals surface area contributed by atoms with Crippen molar-refractivity contribution in [1.29, 1.82) is 0 Å². The highest BCUT2D eigenvalue weighted by molar-refractivity contribution is 7.99. The average Bonchev–Trinajstić information content (AvgIpc) is 3.43. The van der Waals surface area contributed by atoms with E-state index in [-0.39, 0.29) is 5.91 Å². The van der Waals surface area contributed by atoms with Gasteiger partial charge in [-0.25, -0.2) is 14.6 Å². The Bertz CT molecular complexity index is 1400. The van der Waals surface area contributed by atoms with Gasteiger partial charge in [0.05, 0.1) is 28.7 Å². The van der Waals surface area contributed by atoms with Gasteiger partial charge in [-0.3, -0.25) is 4.79 Å². The second kappa shape index (κ2) is 9.25. The SMILES string of the molecule is Cc1cc(NC(=O)CSCc2ccccc2)n(-c2ncnc3c2cnn3-c2ccccc2)n1. The number of anilines is 1. The Hall–Kier alpha value is -3.98. The summed E-state index contributed by atoms with van der Waals surface area (Å²) in [5, 5.41) is 12.8. The summed E-state index contributed by atoms with van der Waals surface area (Å²) in [5.74, 6) is 2.14. The van der Waals surface area contributed by atoms with Crippen LogP contribution in [0.25, 0.3) is 22.5 Å². The minimum absolute atomic E-state index is 0.0950. The molecule has 0 spiro atoms. The van der Waals surface area contributed by atoms with Crippen LogP contribution in [-0.4, -0.2) is 41.2 Å². The predicted molar refractivity (Wildman–Crippen MR) is 130 cm³/mol. The molecule has 0 aliphatic heterocycles. The Kier molecular flexibility index (Phi) is 5.86. The lowest BCUT2D eigenvalue weighted by molar-refractivity contribution is -0.113. The Morgan fingerprint density at radius 3 is 2.55 bits per heavy atom. The lowest BCUT2D eigenvalue weighted by Crippen LogP contribution is -2.17. The second-order valence-electron chi connectivity index (χ2n) is 7.44. The van der Waals surface area contributed by atoms with Crippen LogP contribution in [0.4, 0.5) is 5.82 Å². The van der Waals surface area contributed by atoms with E-state index in [9.17, 15) is 4.79 Å². The molecule has 0 aliphatic rings. The molecule has 0 bridgehead atoms. The van der Waals surface area contributed by atoms with Crippen LogP contribution in [-0.2, 0) is 10.5 Å². The molecule has 9 heteroatoms. The number of nitrogens with zero attached hydrogens (tertiary/aromatic N) is 6. The van der Waals surface area contributed by atoms with Gasteiger partial charge in [-0.1, -0.05) is 48.5 Å². The maximum absolute atomic E-state index is 12.6. The summed E-state index contributed by atoms with van der Waals surface area (Å²) in [5.41, 5.74) is 3.52. The fourth-order valence-electron chi connectivity index (χ4n) is 3.52. The number of amides is 1. The van der Waals surface area contributed by atoms with E-state index in [1.54, 1.807) is 27.3 Å². The zero-order chi connectivity index (χ0) is 22.6. The van der Waals surface area contributed by atoms with Crippen molar-refractivity contribution in [2.75, 3.05) is 11.1 Å². The fraction of sp³-hybridized carbons (Fsp3) is 0.125. The molecule has 5 aromatic rings. The third-order valence-corrected chi connectivity index (χ3v) is 5.99. The molecular formula is C24H21N7OS. The van der Waals surface area contributed by atoms with E-state index >= 15 is 0 Å². The predicted octanol–water partition coefficient (Wildman–Crippen LogP) is 4.18. The molecule has 0 radical (unpaired) electrons. The van der Waals surface area contributed by atoms with Gasteiger partial charge in [0.25, 0.3) is 0 Å². The lowest BCUT2D eigenvalue weighted by atomic mass is 10.2. The highest BCUT2D eigenvalue weighted by Gasteiger charge is 2.17.